The Morgan fingerprint density at radius 3 is 2.11 bits per heavy atom. The van der Waals surface area contributed by atoms with Gasteiger partial charge in [0.2, 0.25) is 0 Å². The summed E-state index contributed by atoms with van der Waals surface area (Å²) in [6.45, 7) is 10.1. The van der Waals surface area contributed by atoms with Crippen LogP contribution in [-0.4, -0.2) is 36.4 Å². The fraction of sp³-hybridized carbons (Fsp3) is 0.538. The highest BCUT2D eigenvalue weighted by Gasteiger charge is 2.10. The first kappa shape index (κ1) is 16.4. The average Bonchev–Trinajstić information content (AvgIpc) is 2.30. The Bertz CT molecular complexity index is 332. The van der Waals surface area contributed by atoms with E-state index in [2.05, 4.69) is 13.2 Å². The Hall–Kier alpha value is -1.62. The molecule has 18 heavy (non-hydrogen) atoms. The van der Waals surface area contributed by atoms with Gasteiger partial charge in [-0.1, -0.05) is 13.2 Å². The van der Waals surface area contributed by atoms with E-state index in [0.29, 0.717) is 18.4 Å². The van der Waals surface area contributed by atoms with E-state index in [1.807, 2.05) is 0 Å². The van der Waals surface area contributed by atoms with Crippen molar-refractivity contribution in [2.24, 2.45) is 0 Å². The molecular weight excluding hydrogens is 236 g/mol. The highest BCUT2D eigenvalue weighted by Crippen LogP contribution is 2.02. The second-order valence-corrected chi connectivity index (χ2v) is 4.09. The number of hydrogen-bond acceptors (Lipinski definition) is 5. The van der Waals surface area contributed by atoms with Crippen LogP contribution in [0.3, 0.4) is 0 Å². The number of ether oxygens (including phenoxy) is 2. The van der Waals surface area contributed by atoms with Gasteiger partial charge in [-0.25, -0.2) is 9.59 Å². The maximum absolute atomic E-state index is 11.0. The summed E-state index contributed by atoms with van der Waals surface area (Å²) in [5, 5.41) is 9.49. The van der Waals surface area contributed by atoms with Crippen LogP contribution in [0.5, 0.6) is 0 Å². The molecule has 1 N–H and O–H groups in total. The Morgan fingerprint density at radius 2 is 1.61 bits per heavy atom. The zero-order valence-corrected chi connectivity index (χ0v) is 10.9. The lowest BCUT2D eigenvalue weighted by Crippen LogP contribution is -2.19. The molecule has 0 saturated carbocycles. The Morgan fingerprint density at radius 1 is 1.11 bits per heavy atom. The second kappa shape index (κ2) is 8.47. The van der Waals surface area contributed by atoms with Gasteiger partial charge in [-0.2, -0.15) is 0 Å². The minimum atomic E-state index is -0.767. The summed E-state index contributed by atoms with van der Waals surface area (Å²) in [5.74, 6) is -0.971. The van der Waals surface area contributed by atoms with Gasteiger partial charge in [0.25, 0.3) is 0 Å². The molecule has 0 bridgehead atoms. The van der Waals surface area contributed by atoms with Gasteiger partial charge < -0.3 is 14.6 Å². The summed E-state index contributed by atoms with van der Waals surface area (Å²) in [6, 6.07) is 0. The summed E-state index contributed by atoms with van der Waals surface area (Å²) >= 11 is 0. The molecule has 0 rings (SSSR count). The lowest BCUT2D eigenvalue weighted by atomic mass is 10.2. The van der Waals surface area contributed by atoms with Crippen molar-refractivity contribution < 1.29 is 24.2 Å². The van der Waals surface area contributed by atoms with Crippen LogP contribution in [0.25, 0.3) is 0 Å². The third kappa shape index (κ3) is 7.62. The molecule has 0 aromatic heterocycles. The molecule has 0 radical (unpaired) electrons. The van der Waals surface area contributed by atoms with Crippen LogP contribution >= 0.6 is 0 Å². The summed E-state index contributed by atoms with van der Waals surface area (Å²) in [7, 11) is 0. The van der Waals surface area contributed by atoms with E-state index in [4.69, 9.17) is 9.47 Å². The molecule has 0 saturated heterocycles. The quantitative estimate of drug-likeness (QED) is 0.403. The van der Waals surface area contributed by atoms with Gasteiger partial charge in [0, 0.05) is 11.1 Å². The Kier molecular flexibility index (Phi) is 7.71. The molecule has 0 aliphatic rings. The summed E-state index contributed by atoms with van der Waals surface area (Å²) in [4.78, 5) is 22.0. The monoisotopic (exact) mass is 256 g/mol. The van der Waals surface area contributed by atoms with Crippen molar-refractivity contribution in [1.29, 1.82) is 0 Å². The minimum absolute atomic E-state index is 0.0832. The van der Waals surface area contributed by atoms with Crippen molar-refractivity contribution in [3.8, 4) is 0 Å². The second-order valence-electron chi connectivity index (χ2n) is 4.09. The fourth-order valence-electron chi connectivity index (χ4n) is 0.985. The van der Waals surface area contributed by atoms with Gasteiger partial charge in [0.1, 0.15) is 6.61 Å². The zero-order chi connectivity index (χ0) is 14.1. The maximum atomic E-state index is 11.0. The number of carbonyl (C=O) groups is 2. The SMILES string of the molecule is C=C(C)C(=O)OCCCC(O)COC(=O)C(=C)C. The third-order valence-electron chi connectivity index (χ3n) is 2.02. The molecule has 0 fully saturated rings. The first-order chi connectivity index (χ1) is 8.34. The van der Waals surface area contributed by atoms with Crippen LogP contribution < -0.4 is 0 Å². The predicted molar refractivity (Wildman–Crippen MR) is 66.8 cm³/mol. The molecule has 0 aliphatic carbocycles. The Labute approximate surface area is 107 Å². The van der Waals surface area contributed by atoms with Crippen molar-refractivity contribution in [2.75, 3.05) is 13.2 Å². The number of rotatable bonds is 8. The number of esters is 2. The van der Waals surface area contributed by atoms with Gasteiger partial charge in [0.05, 0.1) is 12.7 Å². The van der Waals surface area contributed by atoms with E-state index in [0.717, 1.165) is 0 Å². The molecule has 5 nitrogen and oxygen atoms in total. The van der Waals surface area contributed by atoms with Crippen LogP contribution in [0.1, 0.15) is 26.7 Å². The van der Waals surface area contributed by atoms with Crippen LogP contribution in [0.4, 0.5) is 0 Å². The third-order valence-corrected chi connectivity index (χ3v) is 2.02. The van der Waals surface area contributed by atoms with Crippen LogP contribution in [0.2, 0.25) is 0 Å². The van der Waals surface area contributed by atoms with Gasteiger partial charge in [0.15, 0.2) is 0 Å². The molecule has 102 valence electrons. The topological polar surface area (TPSA) is 72.8 Å². The fourth-order valence-corrected chi connectivity index (χ4v) is 0.985. The summed E-state index contributed by atoms with van der Waals surface area (Å²) in [6.07, 6.45) is 0.106. The van der Waals surface area contributed by atoms with Gasteiger partial charge in [-0.3, -0.25) is 0 Å². The highest BCUT2D eigenvalue weighted by molar-refractivity contribution is 5.87. The molecule has 0 spiro atoms. The van der Waals surface area contributed by atoms with E-state index >= 15 is 0 Å². The lowest BCUT2D eigenvalue weighted by molar-refractivity contribution is -0.142. The van der Waals surface area contributed by atoms with Crippen molar-refractivity contribution >= 4 is 11.9 Å². The standard InChI is InChI=1S/C13H20O5/c1-9(2)12(15)17-7-5-6-11(14)8-18-13(16)10(3)4/h11,14H,1,3,5-8H2,2,4H3. The molecular formula is C13H20O5. The normalized spacial score (nSPS) is 11.5. The number of carbonyl (C=O) groups excluding carboxylic acids is 2. The van der Waals surface area contributed by atoms with E-state index < -0.39 is 18.0 Å². The predicted octanol–water partition coefficient (Wildman–Crippen LogP) is 1.37. The lowest BCUT2D eigenvalue weighted by Gasteiger charge is -2.11. The molecule has 0 amide bonds. The minimum Gasteiger partial charge on any atom is -0.462 e. The number of aliphatic hydroxyl groups is 1. The Balaban J connectivity index is 3.63. The van der Waals surface area contributed by atoms with Gasteiger partial charge in [-0.05, 0) is 26.7 Å². The zero-order valence-electron chi connectivity index (χ0n) is 10.9. The number of aliphatic hydroxyl groups excluding tert-OH is 1. The highest BCUT2D eigenvalue weighted by atomic mass is 16.5. The molecule has 0 heterocycles. The van der Waals surface area contributed by atoms with Gasteiger partial charge >= 0.3 is 11.9 Å². The molecule has 1 atom stereocenters. The maximum Gasteiger partial charge on any atom is 0.333 e. The molecule has 5 heteroatoms. The smallest absolute Gasteiger partial charge is 0.333 e. The average molecular weight is 256 g/mol. The van der Waals surface area contributed by atoms with Crippen molar-refractivity contribution in [3.63, 3.8) is 0 Å². The molecule has 0 aliphatic heterocycles. The number of hydrogen-bond donors (Lipinski definition) is 1. The summed E-state index contributed by atoms with van der Waals surface area (Å²) in [5.41, 5.74) is 0.628. The summed E-state index contributed by atoms with van der Waals surface area (Å²) < 4.78 is 9.62. The van der Waals surface area contributed by atoms with Crippen molar-refractivity contribution in [1.82, 2.24) is 0 Å². The molecule has 1 unspecified atom stereocenters. The van der Waals surface area contributed by atoms with Crippen LogP contribution in [0, 0.1) is 0 Å². The molecule has 0 aromatic rings. The van der Waals surface area contributed by atoms with E-state index in [-0.39, 0.29) is 18.8 Å². The van der Waals surface area contributed by atoms with E-state index in [1.165, 1.54) is 6.92 Å². The van der Waals surface area contributed by atoms with Gasteiger partial charge in [-0.15, -0.1) is 0 Å². The molecule has 0 aromatic carbocycles. The largest absolute Gasteiger partial charge is 0.462 e. The van der Waals surface area contributed by atoms with Crippen molar-refractivity contribution in [2.45, 2.75) is 32.8 Å². The van der Waals surface area contributed by atoms with Crippen LogP contribution in [-0.2, 0) is 19.1 Å². The first-order valence-corrected chi connectivity index (χ1v) is 5.68. The van der Waals surface area contributed by atoms with E-state index in [9.17, 15) is 14.7 Å². The van der Waals surface area contributed by atoms with Crippen LogP contribution in [0.15, 0.2) is 24.3 Å². The first-order valence-electron chi connectivity index (χ1n) is 5.68. The van der Waals surface area contributed by atoms with Crippen molar-refractivity contribution in [3.05, 3.63) is 24.3 Å². The van der Waals surface area contributed by atoms with E-state index in [1.54, 1.807) is 6.92 Å².